The molecule has 2 N–H and O–H groups in total. The molecular formula is C16H18BrNO2. The zero-order chi connectivity index (χ0) is 14.2. The maximum atomic E-state index is 5.64. The predicted molar refractivity (Wildman–Crippen MR) is 84.1 cm³/mol. The van der Waals surface area contributed by atoms with E-state index in [0.717, 1.165) is 28.0 Å². The van der Waals surface area contributed by atoms with Gasteiger partial charge < -0.3 is 15.2 Å². The van der Waals surface area contributed by atoms with Gasteiger partial charge in [0.05, 0.1) is 13.2 Å². The predicted octanol–water partition coefficient (Wildman–Crippen LogP) is 3.76. The molecule has 0 aromatic heterocycles. The Hall–Kier alpha value is -1.52. The van der Waals surface area contributed by atoms with E-state index in [1.165, 1.54) is 0 Å². The SMILES string of the molecule is NCc1ccc(OCCCOc2cccc(Br)c2)cc1. The van der Waals surface area contributed by atoms with Crippen LogP contribution in [0, 0.1) is 0 Å². The van der Waals surface area contributed by atoms with Crippen molar-refractivity contribution in [2.75, 3.05) is 13.2 Å². The molecule has 0 aliphatic rings. The third kappa shape index (κ3) is 4.87. The van der Waals surface area contributed by atoms with E-state index in [9.17, 15) is 0 Å². The lowest BCUT2D eigenvalue weighted by Crippen LogP contribution is -2.05. The fourth-order valence-corrected chi connectivity index (χ4v) is 2.10. The summed E-state index contributed by atoms with van der Waals surface area (Å²) < 4.78 is 12.3. The molecular weight excluding hydrogens is 318 g/mol. The Kier molecular flexibility index (Phi) is 5.89. The molecule has 0 heterocycles. The Morgan fingerprint density at radius 1 is 0.900 bits per heavy atom. The van der Waals surface area contributed by atoms with Crippen molar-refractivity contribution in [2.45, 2.75) is 13.0 Å². The third-order valence-electron chi connectivity index (χ3n) is 2.78. The molecule has 2 aromatic carbocycles. The van der Waals surface area contributed by atoms with E-state index >= 15 is 0 Å². The molecule has 2 rings (SSSR count). The van der Waals surface area contributed by atoms with E-state index in [0.29, 0.717) is 19.8 Å². The van der Waals surface area contributed by atoms with Gasteiger partial charge in [0.2, 0.25) is 0 Å². The molecule has 0 amide bonds. The lowest BCUT2D eigenvalue weighted by molar-refractivity contribution is 0.247. The molecule has 0 spiro atoms. The minimum atomic E-state index is 0.556. The highest BCUT2D eigenvalue weighted by atomic mass is 79.9. The number of ether oxygens (including phenoxy) is 2. The molecule has 0 aliphatic heterocycles. The number of hydrogen-bond donors (Lipinski definition) is 1. The van der Waals surface area contributed by atoms with Crippen molar-refractivity contribution >= 4 is 15.9 Å². The van der Waals surface area contributed by atoms with Crippen LogP contribution in [0.3, 0.4) is 0 Å². The van der Waals surface area contributed by atoms with Crippen molar-refractivity contribution in [1.82, 2.24) is 0 Å². The van der Waals surface area contributed by atoms with Crippen LogP contribution in [0.4, 0.5) is 0 Å². The molecule has 4 heteroatoms. The van der Waals surface area contributed by atoms with Crippen LogP contribution in [0.25, 0.3) is 0 Å². The third-order valence-corrected chi connectivity index (χ3v) is 3.27. The van der Waals surface area contributed by atoms with Crippen molar-refractivity contribution in [2.24, 2.45) is 5.73 Å². The molecule has 106 valence electrons. The second kappa shape index (κ2) is 7.92. The van der Waals surface area contributed by atoms with Gasteiger partial charge in [-0.3, -0.25) is 0 Å². The molecule has 2 aromatic rings. The first-order valence-corrected chi connectivity index (χ1v) is 7.37. The van der Waals surface area contributed by atoms with Crippen molar-refractivity contribution in [3.63, 3.8) is 0 Å². The molecule has 0 saturated heterocycles. The summed E-state index contributed by atoms with van der Waals surface area (Å²) in [5.41, 5.74) is 6.65. The molecule has 0 unspecified atom stereocenters. The molecule has 0 bridgehead atoms. The molecule has 0 atom stereocenters. The van der Waals surface area contributed by atoms with Crippen molar-refractivity contribution in [1.29, 1.82) is 0 Å². The smallest absolute Gasteiger partial charge is 0.120 e. The van der Waals surface area contributed by atoms with Crippen molar-refractivity contribution < 1.29 is 9.47 Å². The molecule has 20 heavy (non-hydrogen) atoms. The van der Waals surface area contributed by atoms with Gasteiger partial charge in [0, 0.05) is 17.4 Å². The first-order chi connectivity index (χ1) is 9.78. The number of rotatable bonds is 7. The van der Waals surface area contributed by atoms with Crippen LogP contribution < -0.4 is 15.2 Å². The minimum Gasteiger partial charge on any atom is -0.493 e. The van der Waals surface area contributed by atoms with Crippen molar-refractivity contribution in [3.8, 4) is 11.5 Å². The summed E-state index contributed by atoms with van der Waals surface area (Å²) in [5, 5.41) is 0. The maximum Gasteiger partial charge on any atom is 0.120 e. The van der Waals surface area contributed by atoms with E-state index in [2.05, 4.69) is 15.9 Å². The second-order valence-electron chi connectivity index (χ2n) is 4.36. The molecule has 0 aliphatic carbocycles. The normalized spacial score (nSPS) is 10.3. The first kappa shape index (κ1) is 14.9. The van der Waals surface area contributed by atoms with Gasteiger partial charge in [0.15, 0.2) is 0 Å². The van der Waals surface area contributed by atoms with E-state index in [1.807, 2.05) is 48.5 Å². The van der Waals surface area contributed by atoms with Crippen LogP contribution in [0.5, 0.6) is 11.5 Å². The fraction of sp³-hybridized carbons (Fsp3) is 0.250. The number of benzene rings is 2. The van der Waals surface area contributed by atoms with E-state index < -0.39 is 0 Å². The zero-order valence-electron chi connectivity index (χ0n) is 11.2. The highest BCUT2D eigenvalue weighted by Gasteiger charge is 1.97. The van der Waals surface area contributed by atoms with Gasteiger partial charge >= 0.3 is 0 Å². The average Bonchev–Trinajstić information content (AvgIpc) is 2.48. The Balaban J connectivity index is 1.66. The van der Waals surface area contributed by atoms with Crippen LogP contribution in [0.1, 0.15) is 12.0 Å². The number of hydrogen-bond acceptors (Lipinski definition) is 3. The van der Waals surface area contributed by atoms with Gasteiger partial charge in [0.1, 0.15) is 11.5 Å². The van der Waals surface area contributed by atoms with Gasteiger partial charge in [-0.05, 0) is 35.9 Å². The van der Waals surface area contributed by atoms with Gasteiger partial charge in [-0.15, -0.1) is 0 Å². The largest absolute Gasteiger partial charge is 0.493 e. The molecule has 0 saturated carbocycles. The van der Waals surface area contributed by atoms with Crippen LogP contribution in [-0.2, 0) is 6.54 Å². The summed E-state index contributed by atoms with van der Waals surface area (Å²) in [6.07, 6.45) is 0.838. The van der Waals surface area contributed by atoms with Crippen LogP contribution >= 0.6 is 15.9 Å². The number of halogens is 1. The van der Waals surface area contributed by atoms with Crippen LogP contribution in [0.2, 0.25) is 0 Å². The quantitative estimate of drug-likeness (QED) is 0.783. The minimum absolute atomic E-state index is 0.556. The average molecular weight is 336 g/mol. The lowest BCUT2D eigenvalue weighted by atomic mass is 10.2. The number of nitrogens with two attached hydrogens (primary N) is 1. The van der Waals surface area contributed by atoms with Crippen molar-refractivity contribution in [3.05, 3.63) is 58.6 Å². The van der Waals surface area contributed by atoms with E-state index in [4.69, 9.17) is 15.2 Å². The summed E-state index contributed by atoms with van der Waals surface area (Å²) in [7, 11) is 0. The fourth-order valence-electron chi connectivity index (χ4n) is 1.72. The van der Waals surface area contributed by atoms with Crippen LogP contribution in [-0.4, -0.2) is 13.2 Å². The summed E-state index contributed by atoms with van der Waals surface area (Å²) in [5.74, 6) is 1.73. The van der Waals surface area contributed by atoms with Crippen LogP contribution in [0.15, 0.2) is 53.0 Å². The maximum absolute atomic E-state index is 5.64. The lowest BCUT2D eigenvalue weighted by Gasteiger charge is -2.08. The van der Waals surface area contributed by atoms with E-state index in [-0.39, 0.29) is 0 Å². The molecule has 3 nitrogen and oxygen atoms in total. The summed E-state index contributed by atoms with van der Waals surface area (Å²) in [6, 6.07) is 15.7. The zero-order valence-corrected chi connectivity index (χ0v) is 12.8. The summed E-state index contributed by atoms with van der Waals surface area (Å²) in [4.78, 5) is 0. The Morgan fingerprint density at radius 2 is 1.60 bits per heavy atom. The van der Waals surface area contributed by atoms with Gasteiger partial charge in [-0.1, -0.05) is 34.1 Å². The monoisotopic (exact) mass is 335 g/mol. The highest BCUT2D eigenvalue weighted by Crippen LogP contribution is 2.18. The van der Waals surface area contributed by atoms with Gasteiger partial charge in [-0.25, -0.2) is 0 Å². The first-order valence-electron chi connectivity index (χ1n) is 6.58. The summed E-state index contributed by atoms with van der Waals surface area (Å²) >= 11 is 3.41. The standard InChI is InChI=1S/C16H18BrNO2/c17-14-3-1-4-16(11-14)20-10-2-9-19-15-7-5-13(12-18)6-8-15/h1,3-8,11H,2,9-10,12,18H2. The van der Waals surface area contributed by atoms with Gasteiger partial charge in [0.25, 0.3) is 0 Å². The Labute approximate surface area is 127 Å². The highest BCUT2D eigenvalue weighted by molar-refractivity contribution is 9.10. The molecule has 0 radical (unpaired) electrons. The molecule has 0 fully saturated rings. The van der Waals surface area contributed by atoms with E-state index in [1.54, 1.807) is 0 Å². The second-order valence-corrected chi connectivity index (χ2v) is 5.27. The topological polar surface area (TPSA) is 44.5 Å². The Morgan fingerprint density at radius 3 is 2.25 bits per heavy atom. The Bertz CT molecular complexity index is 528. The van der Waals surface area contributed by atoms with Gasteiger partial charge in [-0.2, -0.15) is 0 Å². The summed E-state index contributed by atoms with van der Waals surface area (Å²) in [6.45, 7) is 1.83.